The van der Waals surface area contributed by atoms with Crippen molar-refractivity contribution in [2.75, 3.05) is 0 Å². The topological polar surface area (TPSA) is 86.7 Å². The lowest BCUT2D eigenvalue weighted by atomic mass is 10.0. The van der Waals surface area contributed by atoms with Crippen LogP contribution in [0.1, 0.15) is 24.0 Å². The maximum atomic E-state index is 12.7. The molecule has 4 rings (SSSR count). The standard InChI is InChI=1S/C21H22O6S2/c1-15-3-7-18(8-4-15)28(22,23)26-20-14-21(12-11-17(20)13-21)27-29(24,25)19-9-5-16(2)6-10-19/h3-12,17,20H,13-14H2,1-2H3. The maximum Gasteiger partial charge on any atom is 0.297 e. The molecule has 2 aromatic carbocycles. The van der Waals surface area contributed by atoms with Gasteiger partial charge >= 0.3 is 0 Å². The Kier molecular flexibility index (Phi) is 4.93. The van der Waals surface area contributed by atoms with E-state index in [1.54, 1.807) is 36.4 Å². The van der Waals surface area contributed by atoms with Crippen molar-refractivity contribution in [3.63, 3.8) is 0 Å². The minimum Gasteiger partial charge on any atom is -0.262 e. The molecule has 2 aromatic rings. The molecule has 0 aromatic heterocycles. The largest absolute Gasteiger partial charge is 0.297 e. The molecular weight excluding hydrogens is 412 g/mol. The fourth-order valence-electron chi connectivity index (χ4n) is 3.83. The molecule has 2 bridgehead atoms. The van der Waals surface area contributed by atoms with Crippen molar-refractivity contribution >= 4 is 20.2 Å². The molecule has 6 nitrogen and oxygen atoms in total. The molecule has 1 fully saturated rings. The van der Waals surface area contributed by atoms with Crippen LogP contribution in [-0.2, 0) is 28.6 Å². The molecule has 0 amide bonds. The Morgan fingerprint density at radius 2 is 1.31 bits per heavy atom. The summed E-state index contributed by atoms with van der Waals surface area (Å²) in [5.74, 6) is -0.219. The van der Waals surface area contributed by atoms with Crippen LogP contribution in [0.3, 0.4) is 0 Å². The fourth-order valence-corrected chi connectivity index (χ4v) is 6.14. The summed E-state index contributed by atoms with van der Waals surface area (Å²) in [5.41, 5.74) is 0.807. The molecule has 3 atom stereocenters. The van der Waals surface area contributed by atoms with E-state index in [-0.39, 0.29) is 22.1 Å². The number of aryl methyl sites for hydroxylation is 2. The van der Waals surface area contributed by atoms with Crippen LogP contribution < -0.4 is 0 Å². The third-order valence-corrected chi connectivity index (χ3v) is 8.15. The van der Waals surface area contributed by atoms with Crippen LogP contribution in [0.25, 0.3) is 0 Å². The maximum absolute atomic E-state index is 12.7. The molecule has 154 valence electrons. The first-order valence-corrected chi connectivity index (χ1v) is 12.1. The third kappa shape index (κ3) is 4.02. The van der Waals surface area contributed by atoms with Crippen molar-refractivity contribution in [3.8, 4) is 0 Å². The van der Waals surface area contributed by atoms with Crippen LogP contribution in [0.4, 0.5) is 0 Å². The smallest absolute Gasteiger partial charge is 0.262 e. The van der Waals surface area contributed by atoms with Crippen molar-refractivity contribution in [1.82, 2.24) is 0 Å². The van der Waals surface area contributed by atoms with E-state index in [0.29, 0.717) is 6.42 Å². The average molecular weight is 435 g/mol. The second-order valence-corrected chi connectivity index (χ2v) is 10.9. The predicted molar refractivity (Wildman–Crippen MR) is 107 cm³/mol. The van der Waals surface area contributed by atoms with Gasteiger partial charge in [-0.1, -0.05) is 47.5 Å². The zero-order valence-corrected chi connectivity index (χ0v) is 17.7. The van der Waals surface area contributed by atoms with Gasteiger partial charge in [-0.25, -0.2) is 0 Å². The first-order valence-electron chi connectivity index (χ1n) is 9.30. The predicted octanol–water partition coefficient (Wildman–Crippen LogP) is 3.50. The van der Waals surface area contributed by atoms with Crippen LogP contribution in [0.2, 0.25) is 0 Å². The molecule has 3 unspecified atom stereocenters. The highest BCUT2D eigenvalue weighted by Crippen LogP contribution is 2.48. The molecule has 0 aliphatic heterocycles. The van der Waals surface area contributed by atoms with Gasteiger partial charge in [0.2, 0.25) is 0 Å². The van der Waals surface area contributed by atoms with E-state index in [9.17, 15) is 16.8 Å². The fraction of sp³-hybridized carbons (Fsp3) is 0.333. The van der Waals surface area contributed by atoms with E-state index < -0.39 is 31.9 Å². The summed E-state index contributed by atoms with van der Waals surface area (Å²) in [6, 6.07) is 12.8. The van der Waals surface area contributed by atoms with E-state index in [1.807, 2.05) is 13.8 Å². The van der Waals surface area contributed by atoms with Crippen molar-refractivity contribution in [2.45, 2.75) is 48.2 Å². The molecule has 0 N–H and O–H groups in total. The van der Waals surface area contributed by atoms with Gasteiger partial charge in [0, 0.05) is 12.3 Å². The van der Waals surface area contributed by atoms with E-state index in [4.69, 9.17) is 8.37 Å². The van der Waals surface area contributed by atoms with Gasteiger partial charge in [-0.2, -0.15) is 16.8 Å². The summed E-state index contributed by atoms with van der Waals surface area (Å²) in [6.45, 7) is 3.74. The quantitative estimate of drug-likeness (QED) is 0.511. The number of benzene rings is 2. The monoisotopic (exact) mass is 434 g/mol. The Bertz CT molecular complexity index is 1150. The molecule has 0 heterocycles. The molecule has 0 saturated heterocycles. The molecule has 0 spiro atoms. The third-order valence-electron chi connectivity index (χ3n) is 5.40. The van der Waals surface area contributed by atoms with Gasteiger partial charge in [0.1, 0.15) is 5.60 Å². The van der Waals surface area contributed by atoms with Crippen molar-refractivity contribution in [2.24, 2.45) is 5.92 Å². The summed E-state index contributed by atoms with van der Waals surface area (Å²) >= 11 is 0. The van der Waals surface area contributed by atoms with E-state index in [0.717, 1.165) is 11.1 Å². The summed E-state index contributed by atoms with van der Waals surface area (Å²) in [6.07, 6.45) is 3.35. The van der Waals surface area contributed by atoms with Gasteiger partial charge in [-0.3, -0.25) is 8.37 Å². The lowest BCUT2D eigenvalue weighted by molar-refractivity contribution is 0.112. The van der Waals surface area contributed by atoms with Gasteiger partial charge in [0.05, 0.1) is 15.9 Å². The Morgan fingerprint density at radius 3 is 1.86 bits per heavy atom. The lowest BCUT2D eigenvalue weighted by Gasteiger charge is -2.25. The Labute approximate surface area is 171 Å². The number of rotatable bonds is 6. The molecule has 29 heavy (non-hydrogen) atoms. The molecule has 2 aliphatic carbocycles. The number of hydrogen-bond acceptors (Lipinski definition) is 6. The molecule has 1 saturated carbocycles. The molecule has 0 radical (unpaired) electrons. The lowest BCUT2D eigenvalue weighted by Crippen LogP contribution is -2.32. The van der Waals surface area contributed by atoms with Crippen molar-refractivity contribution in [1.29, 1.82) is 0 Å². The summed E-state index contributed by atoms with van der Waals surface area (Å²) in [4.78, 5) is 0.156. The highest BCUT2D eigenvalue weighted by molar-refractivity contribution is 7.87. The second-order valence-electron chi connectivity index (χ2n) is 7.75. The summed E-state index contributed by atoms with van der Waals surface area (Å²) < 4.78 is 61.7. The normalized spacial score (nSPS) is 26.1. The summed E-state index contributed by atoms with van der Waals surface area (Å²) in [7, 11) is -7.93. The van der Waals surface area contributed by atoms with Crippen LogP contribution in [0, 0.1) is 19.8 Å². The van der Waals surface area contributed by atoms with Gasteiger partial charge < -0.3 is 0 Å². The van der Waals surface area contributed by atoms with Crippen LogP contribution >= 0.6 is 0 Å². The van der Waals surface area contributed by atoms with Crippen molar-refractivity contribution < 1.29 is 25.2 Å². The van der Waals surface area contributed by atoms with Gasteiger partial charge in [0.15, 0.2) is 0 Å². The van der Waals surface area contributed by atoms with E-state index >= 15 is 0 Å². The minimum absolute atomic E-state index is 0.0750. The highest BCUT2D eigenvalue weighted by Gasteiger charge is 2.52. The highest BCUT2D eigenvalue weighted by atomic mass is 32.2. The summed E-state index contributed by atoms with van der Waals surface area (Å²) in [5, 5.41) is 0. The van der Waals surface area contributed by atoms with Gasteiger partial charge in [-0.15, -0.1) is 0 Å². The zero-order valence-electron chi connectivity index (χ0n) is 16.1. The molecule has 2 aliphatic rings. The van der Waals surface area contributed by atoms with Crippen LogP contribution in [0.15, 0.2) is 70.5 Å². The molecule has 8 heteroatoms. The van der Waals surface area contributed by atoms with Crippen molar-refractivity contribution in [3.05, 3.63) is 71.8 Å². The SMILES string of the molecule is Cc1ccc(S(=O)(=O)OC2CC3(OS(=O)(=O)c4ccc(C)cc4)C=CC2C3)cc1. The Hall–Kier alpha value is -2.00. The van der Waals surface area contributed by atoms with Gasteiger partial charge in [-0.05, 0) is 44.5 Å². The van der Waals surface area contributed by atoms with E-state index in [1.165, 1.54) is 24.3 Å². The average Bonchev–Trinajstić information content (AvgIpc) is 3.18. The van der Waals surface area contributed by atoms with E-state index in [2.05, 4.69) is 0 Å². The first-order chi connectivity index (χ1) is 13.6. The Morgan fingerprint density at radius 1 is 0.793 bits per heavy atom. The zero-order chi connectivity index (χ0) is 20.9. The van der Waals surface area contributed by atoms with Crippen LogP contribution in [0.5, 0.6) is 0 Å². The Balaban J connectivity index is 1.51. The van der Waals surface area contributed by atoms with Gasteiger partial charge in [0.25, 0.3) is 20.2 Å². The molecular formula is C21H22O6S2. The number of fused-ring (bicyclic) bond motifs is 2. The number of hydrogen-bond donors (Lipinski definition) is 0. The minimum atomic E-state index is -3.98. The first kappa shape index (κ1) is 20.3. The second kappa shape index (κ2) is 7.05. The van der Waals surface area contributed by atoms with Crippen LogP contribution in [-0.4, -0.2) is 28.5 Å².